The second-order valence-corrected chi connectivity index (χ2v) is 5.10. The molecule has 2 heterocycles. The highest BCUT2D eigenvalue weighted by atomic mass is 32.1. The van der Waals surface area contributed by atoms with E-state index in [1.807, 2.05) is 6.07 Å². The van der Waals surface area contributed by atoms with Gasteiger partial charge in [0.2, 0.25) is 5.56 Å². The van der Waals surface area contributed by atoms with E-state index in [4.69, 9.17) is 12.2 Å². The van der Waals surface area contributed by atoms with Crippen LogP contribution in [0.4, 0.5) is 5.69 Å². The number of aromatic nitrogens is 3. The summed E-state index contributed by atoms with van der Waals surface area (Å²) in [5.74, 6) is -0.280. The topological polar surface area (TPSA) is 93.5 Å². The third-order valence-corrected chi connectivity index (χ3v) is 3.35. The zero-order valence-corrected chi connectivity index (χ0v) is 11.9. The molecule has 7 heteroatoms. The maximum atomic E-state index is 12.2. The van der Waals surface area contributed by atoms with Crippen molar-refractivity contribution in [1.29, 1.82) is 0 Å². The lowest BCUT2D eigenvalue weighted by Crippen LogP contribution is -2.16. The van der Waals surface area contributed by atoms with Gasteiger partial charge in [-0.05, 0) is 42.9 Å². The lowest BCUT2D eigenvalue weighted by molar-refractivity contribution is 0.102. The lowest BCUT2D eigenvalue weighted by Gasteiger charge is -2.07. The van der Waals surface area contributed by atoms with Crippen molar-refractivity contribution in [3.8, 4) is 0 Å². The van der Waals surface area contributed by atoms with Gasteiger partial charge in [0, 0.05) is 18.0 Å². The van der Waals surface area contributed by atoms with Crippen LogP contribution < -0.4 is 10.9 Å². The normalized spacial score (nSPS) is 10.7. The Labute approximate surface area is 124 Å². The Bertz CT molecular complexity index is 951. The van der Waals surface area contributed by atoms with Gasteiger partial charge in [0.05, 0.1) is 16.6 Å². The van der Waals surface area contributed by atoms with E-state index >= 15 is 0 Å². The smallest absolute Gasteiger partial charge is 0.257 e. The molecule has 0 saturated heterocycles. The summed E-state index contributed by atoms with van der Waals surface area (Å²) in [6.45, 7) is 1.72. The van der Waals surface area contributed by atoms with Crippen LogP contribution in [0.2, 0.25) is 0 Å². The van der Waals surface area contributed by atoms with Crippen LogP contribution >= 0.6 is 12.2 Å². The molecule has 1 amide bonds. The molecule has 3 rings (SSSR count). The Morgan fingerprint density at radius 2 is 1.95 bits per heavy atom. The van der Waals surface area contributed by atoms with E-state index in [0.29, 0.717) is 21.6 Å². The fraction of sp³-hybridized carbons (Fsp3) is 0.0714. The molecule has 0 aliphatic heterocycles. The van der Waals surface area contributed by atoms with Gasteiger partial charge in [-0.1, -0.05) is 0 Å². The summed E-state index contributed by atoms with van der Waals surface area (Å²) in [5.41, 5.74) is 3.15. The van der Waals surface area contributed by atoms with Crippen molar-refractivity contribution in [3.63, 3.8) is 0 Å². The molecule has 0 aliphatic carbocycles. The summed E-state index contributed by atoms with van der Waals surface area (Å²) in [6, 6.07) is 6.79. The summed E-state index contributed by atoms with van der Waals surface area (Å²) in [5, 5.41) is 2.79. The van der Waals surface area contributed by atoms with Crippen LogP contribution in [0.3, 0.4) is 0 Å². The van der Waals surface area contributed by atoms with Crippen molar-refractivity contribution < 1.29 is 4.79 Å². The molecule has 0 saturated carbocycles. The van der Waals surface area contributed by atoms with E-state index in [9.17, 15) is 9.59 Å². The number of rotatable bonds is 2. The van der Waals surface area contributed by atoms with Crippen LogP contribution in [0.15, 0.2) is 35.3 Å². The largest absolute Gasteiger partial charge is 0.331 e. The number of hydrogen-bond donors (Lipinski definition) is 4. The van der Waals surface area contributed by atoms with Crippen molar-refractivity contribution in [3.05, 3.63) is 56.7 Å². The Hall–Kier alpha value is -2.67. The van der Waals surface area contributed by atoms with Crippen molar-refractivity contribution in [2.75, 3.05) is 5.32 Å². The number of carbonyl (C=O) groups is 1. The van der Waals surface area contributed by atoms with Gasteiger partial charge in [0.1, 0.15) is 0 Å². The van der Waals surface area contributed by atoms with Crippen LogP contribution in [-0.2, 0) is 0 Å². The molecule has 2 aromatic heterocycles. The predicted molar refractivity (Wildman–Crippen MR) is 83.2 cm³/mol. The average Bonchev–Trinajstić information content (AvgIpc) is 2.77. The van der Waals surface area contributed by atoms with Gasteiger partial charge < -0.3 is 20.3 Å². The van der Waals surface area contributed by atoms with Gasteiger partial charge in [0.25, 0.3) is 5.91 Å². The van der Waals surface area contributed by atoms with Crippen LogP contribution in [0.1, 0.15) is 15.9 Å². The molecule has 0 radical (unpaired) electrons. The standard InChI is InChI=1S/C14H12N4O2S/c1-7-4-12(19)15-6-9(7)13(20)16-8-2-3-10-11(5-8)18-14(21)17-10/h2-6H,1H3,(H,15,19)(H,16,20)(H2,17,18,21). The maximum absolute atomic E-state index is 12.2. The van der Waals surface area contributed by atoms with Gasteiger partial charge >= 0.3 is 0 Å². The molecule has 106 valence electrons. The molecule has 0 aliphatic rings. The Morgan fingerprint density at radius 1 is 1.19 bits per heavy atom. The van der Waals surface area contributed by atoms with Crippen molar-refractivity contribution >= 4 is 34.8 Å². The van der Waals surface area contributed by atoms with Crippen LogP contribution in [0.5, 0.6) is 0 Å². The predicted octanol–water partition coefficient (Wildman–Crippen LogP) is 2.47. The van der Waals surface area contributed by atoms with Crippen LogP contribution in [0.25, 0.3) is 11.0 Å². The van der Waals surface area contributed by atoms with Gasteiger partial charge in [-0.2, -0.15) is 0 Å². The first-order valence-electron chi connectivity index (χ1n) is 6.26. The first-order valence-corrected chi connectivity index (χ1v) is 6.66. The van der Waals surface area contributed by atoms with Gasteiger partial charge in [-0.15, -0.1) is 0 Å². The number of aromatic amines is 3. The fourth-order valence-corrected chi connectivity index (χ4v) is 2.35. The van der Waals surface area contributed by atoms with E-state index in [1.165, 1.54) is 12.3 Å². The highest BCUT2D eigenvalue weighted by Gasteiger charge is 2.10. The molecular weight excluding hydrogens is 288 g/mol. The third-order valence-electron chi connectivity index (χ3n) is 3.15. The van der Waals surface area contributed by atoms with Crippen molar-refractivity contribution in [1.82, 2.24) is 15.0 Å². The minimum atomic E-state index is -0.280. The number of nitrogens with one attached hydrogen (secondary N) is 4. The zero-order valence-electron chi connectivity index (χ0n) is 11.1. The van der Waals surface area contributed by atoms with E-state index in [-0.39, 0.29) is 11.5 Å². The molecule has 0 atom stereocenters. The number of hydrogen-bond acceptors (Lipinski definition) is 3. The first kappa shape index (κ1) is 13.3. The van der Waals surface area contributed by atoms with Crippen LogP contribution in [-0.4, -0.2) is 20.9 Å². The minimum Gasteiger partial charge on any atom is -0.331 e. The second kappa shape index (κ2) is 5.02. The van der Waals surface area contributed by atoms with Gasteiger partial charge in [-0.25, -0.2) is 0 Å². The summed E-state index contributed by atoms with van der Waals surface area (Å²) in [6.07, 6.45) is 1.41. The number of benzene rings is 1. The quantitative estimate of drug-likeness (QED) is 0.548. The summed E-state index contributed by atoms with van der Waals surface area (Å²) < 4.78 is 0.532. The molecule has 4 N–H and O–H groups in total. The van der Waals surface area contributed by atoms with Gasteiger partial charge in [-0.3, -0.25) is 9.59 Å². The number of anilines is 1. The number of imidazole rings is 1. The number of fused-ring (bicyclic) bond motifs is 1. The van der Waals surface area contributed by atoms with E-state index in [1.54, 1.807) is 19.1 Å². The average molecular weight is 300 g/mol. The Morgan fingerprint density at radius 3 is 2.71 bits per heavy atom. The molecule has 21 heavy (non-hydrogen) atoms. The molecule has 3 aromatic rings. The third kappa shape index (κ3) is 2.63. The lowest BCUT2D eigenvalue weighted by atomic mass is 10.1. The Kier molecular flexibility index (Phi) is 3.19. The first-order chi connectivity index (χ1) is 10.0. The van der Waals surface area contributed by atoms with Gasteiger partial charge in [0.15, 0.2) is 4.77 Å². The molecule has 0 bridgehead atoms. The van der Waals surface area contributed by atoms with E-state index in [2.05, 4.69) is 20.3 Å². The summed E-state index contributed by atoms with van der Waals surface area (Å²) >= 11 is 5.02. The summed E-state index contributed by atoms with van der Waals surface area (Å²) in [7, 11) is 0. The maximum Gasteiger partial charge on any atom is 0.257 e. The highest BCUT2D eigenvalue weighted by molar-refractivity contribution is 7.71. The van der Waals surface area contributed by atoms with E-state index < -0.39 is 0 Å². The van der Waals surface area contributed by atoms with Crippen molar-refractivity contribution in [2.24, 2.45) is 0 Å². The molecule has 0 fully saturated rings. The second-order valence-electron chi connectivity index (χ2n) is 4.69. The SMILES string of the molecule is Cc1cc(=O)[nH]cc1C(=O)Nc1ccc2[nH]c(=S)[nH]c2c1. The molecular formula is C14H12N4O2S. The molecule has 0 spiro atoms. The monoisotopic (exact) mass is 300 g/mol. The summed E-state index contributed by atoms with van der Waals surface area (Å²) in [4.78, 5) is 31.9. The van der Waals surface area contributed by atoms with Crippen molar-refractivity contribution in [2.45, 2.75) is 6.92 Å². The fourth-order valence-electron chi connectivity index (χ4n) is 2.13. The minimum absolute atomic E-state index is 0.231. The number of carbonyl (C=O) groups excluding carboxylic acids is 1. The van der Waals surface area contributed by atoms with E-state index in [0.717, 1.165) is 11.0 Å². The molecule has 0 unspecified atom stereocenters. The molecule has 1 aromatic carbocycles. The number of H-pyrrole nitrogens is 3. The number of aryl methyl sites for hydroxylation is 1. The number of amides is 1. The molecule has 6 nitrogen and oxygen atoms in total. The van der Waals surface area contributed by atoms with Crippen LogP contribution in [0, 0.1) is 11.7 Å². The zero-order chi connectivity index (χ0) is 15.0. The Balaban J connectivity index is 1.91. The highest BCUT2D eigenvalue weighted by Crippen LogP contribution is 2.17. The number of pyridine rings is 1.